The van der Waals surface area contributed by atoms with Crippen LogP contribution in [-0.2, 0) is 29.6 Å². The minimum Gasteiger partial charge on any atom is -0.504 e. The predicted octanol–water partition coefficient (Wildman–Crippen LogP) is 5.43. The highest BCUT2D eigenvalue weighted by Crippen LogP contribution is 2.69. The number of hydrogen-bond donors (Lipinski definition) is 3. The average Bonchev–Trinajstić information content (AvgIpc) is 3.69. The largest absolute Gasteiger partial charge is 0.504 e. The molecule has 1 aromatic heterocycles. The summed E-state index contributed by atoms with van der Waals surface area (Å²) in [6, 6.07) is 20.4. The third kappa shape index (κ3) is 3.51. The quantitative estimate of drug-likeness (QED) is 0.245. The Morgan fingerprint density at radius 3 is 2.70 bits per heavy atom. The van der Waals surface area contributed by atoms with Gasteiger partial charge in [-0.1, -0.05) is 52.3 Å². The average molecular weight is 641 g/mol. The first kappa shape index (κ1) is 26.1. The summed E-state index contributed by atoms with van der Waals surface area (Å²) in [7, 11) is 0. The summed E-state index contributed by atoms with van der Waals surface area (Å²) in [6.07, 6.45) is 4.30. The van der Waals surface area contributed by atoms with Crippen LogP contribution in [0.4, 0.5) is 5.69 Å². The van der Waals surface area contributed by atoms with Crippen molar-refractivity contribution in [2.24, 2.45) is 5.92 Å². The van der Waals surface area contributed by atoms with E-state index in [2.05, 4.69) is 73.2 Å². The van der Waals surface area contributed by atoms with Crippen LogP contribution in [0.25, 0.3) is 10.9 Å². The molecule has 1 saturated heterocycles. The number of nitrogens with one attached hydrogen (secondary N) is 1. The van der Waals surface area contributed by atoms with Gasteiger partial charge in [0.1, 0.15) is 0 Å². The number of aromatic nitrogens is 1. The fraction of sp³-hybridized carbons (Fsp3) is 0.400. The first-order valence-electron chi connectivity index (χ1n) is 15.4. The van der Waals surface area contributed by atoms with Gasteiger partial charge in [-0.2, -0.15) is 0 Å². The number of ether oxygens (including phenoxy) is 1. The first-order chi connectivity index (χ1) is 20.9. The van der Waals surface area contributed by atoms with Crippen molar-refractivity contribution >= 4 is 38.4 Å². The molecule has 43 heavy (non-hydrogen) atoms. The number of carbonyl (C=O) groups is 1. The van der Waals surface area contributed by atoms with Gasteiger partial charge in [0.2, 0.25) is 5.91 Å². The van der Waals surface area contributed by atoms with Gasteiger partial charge in [0.05, 0.1) is 22.0 Å². The van der Waals surface area contributed by atoms with Crippen LogP contribution in [0.3, 0.4) is 0 Å². The van der Waals surface area contributed by atoms with Gasteiger partial charge in [-0.05, 0) is 79.1 Å². The molecule has 9 rings (SSSR count). The molecule has 220 valence electrons. The molecule has 8 heteroatoms. The lowest BCUT2D eigenvalue weighted by Crippen LogP contribution is -2.74. The van der Waals surface area contributed by atoms with E-state index in [1.54, 1.807) is 6.07 Å². The molecule has 2 aliphatic heterocycles. The highest BCUT2D eigenvalue weighted by atomic mass is 79.9. The second kappa shape index (κ2) is 9.10. The Balaban J connectivity index is 1.22. The van der Waals surface area contributed by atoms with Gasteiger partial charge >= 0.3 is 0 Å². The second-order valence-electron chi connectivity index (χ2n) is 13.3. The van der Waals surface area contributed by atoms with Crippen molar-refractivity contribution in [3.8, 4) is 11.5 Å². The number of phenolic OH excluding ortho intramolecular Hbond substituents is 1. The Morgan fingerprint density at radius 1 is 1.09 bits per heavy atom. The number of hydrogen-bond acceptors (Lipinski definition) is 5. The van der Waals surface area contributed by atoms with Crippen LogP contribution < -0.4 is 10.1 Å². The summed E-state index contributed by atoms with van der Waals surface area (Å²) >= 11 is 3.21. The lowest BCUT2D eigenvalue weighted by Gasteiger charge is -2.63. The van der Waals surface area contributed by atoms with E-state index in [1.165, 1.54) is 18.4 Å². The molecule has 7 nitrogen and oxygen atoms in total. The summed E-state index contributed by atoms with van der Waals surface area (Å²) in [5, 5.41) is 28.6. The second-order valence-corrected chi connectivity index (χ2v) is 13.8. The number of benzene rings is 3. The first-order valence-corrected chi connectivity index (χ1v) is 16.6. The Bertz CT molecular complexity index is 1810. The number of rotatable bonds is 6. The molecule has 2 bridgehead atoms. The zero-order valence-corrected chi connectivity index (χ0v) is 25.4. The number of halogens is 1. The number of aromatic hydroxyl groups is 1. The van der Waals surface area contributed by atoms with E-state index in [-0.39, 0.29) is 23.0 Å². The van der Waals surface area contributed by atoms with Gasteiger partial charge in [0.25, 0.3) is 0 Å². The summed E-state index contributed by atoms with van der Waals surface area (Å²) in [5.74, 6) is 1.38. The van der Waals surface area contributed by atoms with Crippen LogP contribution >= 0.6 is 15.9 Å². The number of anilines is 1. The van der Waals surface area contributed by atoms with Gasteiger partial charge in [-0.15, -0.1) is 0 Å². The van der Waals surface area contributed by atoms with E-state index in [0.717, 1.165) is 70.8 Å². The molecule has 2 unspecified atom stereocenters. The minimum absolute atomic E-state index is 0.00785. The number of alkyl halides is 1. The molecule has 3 N–H and O–H groups in total. The fourth-order valence-electron chi connectivity index (χ4n) is 9.04. The third-order valence-electron chi connectivity index (χ3n) is 11.0. The van der Waals surface area contributed by atoms with Gasteiger partial charge in [0.15, 0.2) is 17.6 Å². The lowest BCUT2D eigenvalue weighted by atomic mass is 9.49. The maximum atomic E-state index is 13.2. The predicted molar refractivity (Wildman–Crippen MR) is 168 cm³/mol. The Hall–Kier alpha value is -3.33. The molecule has 3 heterocycles. The van der Waals surface area contributed by atoms with E-state index in [1.807, 2.05) is 12.1 Å². The number of fused-ring (bicyclic) bond motifs is 4. The molecule has 0 radical (unpaired) electrons. The number of aliphatic hydroxyl groups is 1. The van der Waals surface area contributed by atoms with Crippen molar-refractivity contribution in [2.75, 3.05) is 23.7 Å². The molecule has 5 aliphatic rings. The number of amides is 1. The van der Waals surface area contributed by atoms with Crippen molar-refractivity contribution in [3.63, 3.8) is 0 Å². The third-order valence-corrected chi connectivity index (χ3v) is 11.5. The van der Waals surface area contributed by atoms with Gasteiger partial charge in [-0.3, -0.25) is 9.69 Å². The number of phenols is 1. The molecular weight excluding hydrogens is 606 g/mol. The molecule has 4 atom stereocenters. The van der Waals surface area contributed by atoms with Crippen molar-refractivity contribution in [1.82, 2.24) is 9.47 Å². The van der Waals surface area contributed by atoms with Crippen LogP contribution in [0.15, 0.2) is 60.7 Å². The van der Waals surface area contributed by atoms with Crippen LogP contribution in [0, 0.1) is 5.92 Å². The van der Waals surface area contributed by atoms with Crippen LogP contribution in [0.1, 0.15) is 53.3 Å². The van der Waals surface area contributed by atoms with Crippen LogP contribution in [0.2, 0.25) is 0 Å². The maximum Gasteiger partial charge on any atom is 0.235 e. The topological polar surface area (TPSA) is 87.0 Å². The molecule has 1 saturated carbocycles. The van der Waals surface area contributed by atoms with Gasteiger partial charge in [-0.25, -0.2) is 0 Å². The van der Waals surface area contributed by atoms with E-state index >= 15 is 0 Å². The molecule has 1 amide bonds. The number of carbonyl (C=O) groups excluding carboxylic acids is 1. The highest BCUT2D eigenvalue weighted by molar-refractivity contribution is 9.09. The van der Waals surface area contributed by atoms with E-state index in [0.29, 0.717) is 18.7 Å². The lowest BCUT2D eigenvalue weighted by molar-refractivity contribution is -0.173. The van der Waals surface area contributed by atoms with E-state index in [9.17, 15) is 15.0 Å². The molecule has 3 aliphatic carbocycles. The smallest absolute Gasteiger partial charge is 0.235 e. The van der Waals surface area contributed by atoms with Gasteiger partial charge in [0, 0.05) is 47.7 Å². The van der Waals surface area contributed by atoms with Crippen molar-refractivity contribution in [3.05, 3.63) is 88.6 Å². The van der Waals surface area contributed by atoms with Crippen LogP contribution in [-0.4, -0.2) is 55.6 Å². The molecule has 3 aromatic carbocycles. The maximum absolute atomic E-state index is 13.2. The van der Waals surface area contributed by atoms with Gasteiger partial charge < -0.3 is 24.8 Å². The molecular formula is C35H34BrN3O4. The fourth-order valence-corrected chi connectivity index (χ4v) is 9.18. The standard InChI is InChI=1S/C35H34BrN3O4/c36-17-29(41)37-23-10-7-21(8-11-23)19-39-26-4-2-1-3-24(26)25-16-35(42)28-15-22-9-12-27(40)32-30(22)34(35,33(43-32)31(25)39)13-14-38(28)18-20-5-6-20/h1-4,7-12,20,28,33,40,42H,5-6,13-19H2,(H,37,41)/t28?,33-,34?,35+/m0/s1. The summed E-state index contributed by atoms with van der Waals surface area (Å²) in [5.41, 5.74) is 5.88. The Labute approximate surface area is 258 Å². The van der Waals surface area contributed by atoms with Crippen molar-refractivity contribution < 1.29 is 19.7 Å². The van der Waals surface area contributed by atoms with Crippen molar-refractivity contribution in [1.29, 1.82) is 0 Å². The SMILES string of the molecule is O=C(CBr)Nc1ccc(Cn2c3c(c4ccccc42)C[C@@]2(O)C4Cc5ccc(O)c6c5C2(CCN4CC2CC2)[C@H]3O6)cc1. The molecule has 1 spiro atoms. The van der Waals surface area contributed by atoms with Crippen molar-refractivity contribution in [2.45, 2.75) is 61.8 Å². The van der Waals surface area contributed by atoms with E-state index in [4.69, 9.17) is 4.74 Å². The number of piperidine rings is 1. The van der Waals surface area contributed by atoms with E-state index < -0.39 is 17.1 Å². The highest BCUT2D eigenvalue weighted by Gasteiger charge is 2.73. The number of likely N-dealkylation sites (tertiary alicyclic amines) is 1. The zero-order valence-electron chi connectivity index (χ0n) is 23.9. The van der Waals surface area contributed by atoms with Crippen LogP contribution in [0.5, 0.6) is 11.5 Å². The Morgan fingerprint density at radius 2 is 1.91 bits per heavy atom. The minimum atomic E-state index is -1.01. The monoisotopic (exact) mass is 639 g/mol. The molecule has 2 fully saturated rings. The molecule has 4 aromatic rings. The number of para-hydroxylation sites is 1. The zero-order chi connectivity index (χ0) is 29.1. The number of nitrogens with zero attached hydrogens (tertiary/aromatic N) is 2. The summed E-state index contributed by atoms with van der Waals surface area (Å²) in [6.45, 7) is 2.61. The summed E-state index contributed by atoms with van der Waals surface area (Å²) in [4.78, 5) is 14.5. The summed E-state index contributed by atoms with van der Waals surface area (Å²) < 4.78 is 9.29. The normalized spacial score (nSPS) is 28.3. The Kier molecular flexibility index (Phi) is 5.52.